The standard InChI is InChI=1S/C27H29F3N4O2/c1-17(2)26(36)31-20-12-14-33(15-13-20)23-16-24(35)34(21-10-8-19(9-11-21)27(28,29)30)25(32-23)22-7-5-4-6-18(22)3/h4-11,16-17,20H,12-15H2,1-3H3,(H,31,36). The van der Waals surface area contributed by atoms with Crippen LogP contribution in [-0.2, 0) is 11.0 Å². The second kappa shape index (κ2) is 10.2. The first kappa shape index (κ1) is 25.5. The zero-order valence-electron chi connectivity index (χ0n) is 20.5. The zero-order chi connectivity index (χ0) is 26.0. The fourth-order valence-corrected chi connectivity index (χ4v) is 4.31. The predicted octanol–water partition coefficient (Wildman–Crippen LogP) is 4.97. The molecule has 4 rings (SSSR count). The van der Waals surface area contributed by atoms with Gasteiger partial charge in [-0.15, -0.1) is 0 Å². The molecule has 0 bridgehead atoms. The van der Waals surface area contributed by atoms with E-state index in [2.05, 4.69) is 5.32 Å². The Labute approximate surface area is 207 Å². The Kier molecular flexibility index (Phi) is 7.19. The summed E-state index contributed by atoms with van der Waals surface area (Å²) in [5.74, 6) is 0.812. The molecule has 1 aliphatic rings. The maximum atomic E-state index is 13.4. The summed E-state index contributed by atoms with van der Waals surface area (Å²) in [4.78, 5) is 32.3. The Morgan fingerprint density at radius 3 is 2.28 bits per heavy atom. The van der Waals surface area contributed by atoms with Crippen LogP contribution in [-0.4, -0.2) is 34.6 Å². The maximum absolute atomic E-state index is 13.4. The smallest absolute Gasteiger partial charge is 0.356 e. The van der Waals surface area contributed by atoms with E-state index in [4.69, 9.17) is 4.98 Å². The van der Waals surface area contributed by atoms with E-state index in [1.54, 1.807) is 0 Å². The molecule has 0 atom stereocenters. The summed E-state index contributed by atoms with van der Waals surface area (Å²) in [5, 5.41) is 3.06. The number of nitrogens with one attached hydrogen (secondary N) is 1. The summed E-state index contributed by atoms with van der Waals surface area (Å²) in [5.41, 5.74) is 0.746. The van der Waals surface area contributed by atoms with Crippen LogP contribution in [0.15, 0.2) is 59.4 Å². The summed E-state index contributed by atoms with van der Waals surface area (Å²) in [6, 6.07) is 13.4. The number of rotatable bonds is 5. The van der Waals surface area contributed by atoms with E-state index in [1.165, 1.54) is 22.8 Å². The summed E-state index contributed by atoms with van der Waals surface area (Å²) < 4.78 is 40.6. The SMILES string of the molecule is Cc1ccccc1-c1nc(N2CCC(NC(=O)C(C)C)CC2)cc(=O)n1-c1ccc(C(F)(F)F)cc1. The zero-order valence-corrected chi connectivity index (χ0v) is 20.5. The number of benzene rings is 2. The summed E-state index contributed by atoms with van der Waals surface area (Å²) in [7, 11) is 0. The van der Waals surface area contributed by atoms with Crippen LogP contribution in [0.5, 0.6) is 0 Å². The Balaban J connectivity index is 1.70. The second-order valence-electron chi connectivity index (χ2n) is 9.40. The molecular weight excluding hydrogens is 469 g/mol. The van der Waals surface area contributed by atoms with Crippen molar-refractivity contribution in [2.75, 3.05) is 18.0 Å². The lowest BCUT2D eigenvalue weighted by Gasteiger charge is -2.33. The van der Waals surface area contributed by atoms with Gasteiger partial charge >= 0.3 is 6.18 Å². The molecule has 2 heterocycles. The van der Waals surface area contributed by atoms with Gasteiger partial charge in [-0.2, -0.15) is 13.2 Å². The van der Waals surface area contributed by atoms with Crippen molar-refractivity contribution < 1.29 is 18.0 Å². The van der Waals surface area contributed by atoms with Gasteiger partial charge in [-0.05, 0) is 49.6 Å². The van der Waals surface area contributed by atoms with E-state index >= 15 is 0 Å². The number of amides is 1. The van der Waals surface area contributed by atoms with Gasteiger partial charge < -0.3 is 10.2 Å². The third-order valence-corrected chi connectivity index (χ3v) is 6.43. The van der Waals surface area contributed by atoms with Crippen molar-refractivity contribution >= 4 is 11.7 Å². The lowest BCUT2D eigenvalue weighted by molar-refractivity contribution is -0.137. The van der Waals surface area contributed by atoms with Gasteiger partial charge in [0, 0.05) is 36.7 Å². The molecule has 1 fully saturated rings. The minimum absolute atomic E-state index is 0.0209. The van der Waals surface area contributed by atoms with Crippen LogP contribution in [0.25, 0.3) is 17.1 Å². The summed E-state index contributed by atoms with van der Waals surface area (Å²) in [6.07, 6.45) is -3.02. The first-order valence-electron chi connectivity index (χ1n) is 12.0. The first-order chi connectivity index (χ1) is 17.0. The van der Waals surface area contributed by atoms with Crippen molar-refractivity contribution in [1.82, 2.24) is 14.9 Å². The number of hydrogen-bond acceptors (Lipinski definition) is 4. The van der Waals surface area contributed by atoms with E-state index in [-0.39, 0.29) is 23.4 Å². The Morgan fingerprint density at radius 2 is 1.69 bits per heavy atom. The Hall–Kier alpha value is -3.62. The molecule has 1 N–H and O–H groups in total. The number of carbonyl (C=O) groups excluding carboxylic acids is 1. The fraction of sp³-hybridized carbons (Fsp3) is 0.370. The summed E-state index contributed by atoms with van der Waals surface area (Å²) in [6.45, 7) is 6.84. The molecule has 1 saturated heterocycles. The number of nitrogens with zero attached hydrogens (tertiary/aromatic N) is 3. The average molecular weight is 499 g/mol. The fourth-order valence-electron chi connectivity index (χ4n) is 4.31. The molecule has 3 aromatic rings. The number of piperidine rings is 1. The van der Waals surface area contributed by atoms with Crippen LogP contribution in [0.3, 0.4) is 0 Å². The predicted molar refractivity (Wildman–Crippen MR) is 133 cm³/mol. The largest absolute Gasteiger partial charge is 0.416 e. The molecule has 36 heavy (non-hydrogen) atoms. The van der Waals surface area contributed by atoms with Crippen molar-refractivity contribution in [1.29, 1.82) is 0 Å². The topological polar surface area (TPSA) is 67.2 Å². The molecule has 190 valence electrons. The van der Waals surface area contributed by atoms with Gasteiger partial charge in [-0.1, -0.05) is 38.1 Å². The lowest BCUT2D eigenvalue weighted by atomic mass is 10.0. The van der Waals surface area contributed by atoms with Gasteiger partial charge in [-0.25, -0.2) is 4.98 Å². The molecule has 1 aliphatic heterocycles. The van der Waals surface area contributed by atoms with E-state index in [9.17, 15) is 22.8 Å². The van der Waals surface area contributed by atoms with Gasteiger partial charge in [0.2, 0.25) is 5.91 Å². The molecule has 0 saturated carbocycles. The number of hydrogen-bond donors (Lipinski definition) is 1. The minimum Gasteiger partial charge on any atom is -0.356 e. The van der Waals surface area contributed by atoms with Gasteiger partial charge in [0.25, 0.3) is 5.56 Å². The maximum Gasteiger partial charge on any atom is 0.416 e. The van der Waals surface area contributed by atoms with Crippen LogP contribution >= 0.6 is 0 Å². The molecular formula is C27H29F3N4O2. The number of halogens is 3. The molecule has 0 unspecified atom stereocenters. The van der Waals surface area contributed by atoms with E-state index in [0.717, 1.165) is 36.1 Å². The van der Waals surface area contributed by atoms with Gasteiger partial charge in [0.05, 0.1) is 11.3 Å². The van der Waals surface area contributed by atoms with Gasteiger partial charge in [0.1, 0.15) is 11.6 Å². The third kappa shape index (κ3) is 5.45. The van der Waals surface area contributed by atoms with E-state index in [1.807, 2.05) is 49.9 Å². The molecule has 0 aliphatic carbocycles. The molecule has 1 amide bonds. The monoisotopic (exact) mass is 498 g/mol. The average Bonchev–Trinajstić information content (AvgIpc) is 2.84. The van der Waals surface area contributed by atoms with Crippen molar-refractivity contribution in [2.24, 2.45) is 5.92 Å². The van der Waals surface area contributed by atoms with E-state index in [0.29, 0.717) is 30.4 Å². The van der Waals surface area contributed by atoms with Crippen LogP contribution in [0.4, 0.5) is 19.0 Å². The van der Waals surface area contributed by atoms with Crippen molar-refractivity contribution in [3.63, 3.8) is 0 Å². The third-order valence-electron chi connectivity index (χ3n) is 6.43. The molecule has 6 nitrogen and oxygen atoms in total. The molecule has 1 aromatic heterocycles. The number of carbonyl (C=O) groups is 1. The highest BCUT2D eigenvalue weighted by Crippen LogP contribution is 2.31. The number of aromatic nitrogens is 2. The Morgan fingerprint density at radius 1 is 1.06 bits per heavy atom. The first-order valence-corrected chi connectivity index (χ1v) is 12.0. The van der Waals surface area contributed by atoms with Crippen molar-refractivity contribution in [3.8, 4) is 17.1 Å². The van der Waals surface area contributed by atoms with Crippen molar-refractivity contribution in [2.45, 2.75) is 45.8 Å². The molecule has 2 aromatic carbocycles. The molecule has 9 heteroatoms. The highest BCUT2D eigenvalue weighted by molar-refractivity contribution is 5.78. The van der Waals surface area contributed by atoms with Crippen LogP contribution in [0.2, 0.25) is 0 Å². The lowest BCUT2D eigenvalue weighted by Crippen LogP contribution is -2.46. The van der Waals surface area contributed by atoms with Gasteiger partial charge in [0.15, 0.2) is 0 Å². The highest BCUT2D eigenvalue weighted by atomic mass is 19.4. The van der Waals surface area contributed by atoms with Crippen molar-refractivity contribution in [3.05, 3.63) is 76.1 Å². The number of anilines is 1. The quantitative estimate of drug-likeness (QED) is 0.540. The highest BCUT2D eigenvalue weighted by Gasteiger charge is 2.30. The minimum atomic E-state index is -4.47. The summed E-state index contributed by atoms with van der Waals surface area (Å²) >= 11 is 0. The number of aryl methyl sites for hydroxylation is 1. The van der Waals surface area contributed by atoms with Gasteiger partial charge in [-0.3, -0.25) is 14.2 Å². The molecule has 0 radical (unpaired) electrons. The van der Waals surface area contributed by atoms with Crippen LogP contribution in [0.1, 0.15) is 37.8 Å². The van der Waals surface area contributed by atoms with Crippen LogP contribution in [0, 0.1) is 12.8 Å². The Bertz CT molecular complexity index is 1290. The van der Waals surface area contributed by atoms with E-state index < -0.39 is 11.7 Å². The second-order valence-corrected chi connectivity index (χ2v) is 9.40. The number of alkyl halides is 3. The normalized spacial score (nSPS) is 14.8. The molecule has 0 spiro atoms. The van der Waals surface area contributed by atoms with Crippen LogP contribution < -0.4 is 15.8 Å².